The first kappa shape index (κ1) is 8.89. The second-order valence-electron chi connectivity index (χ2n) is 3.99. The minimum absolute atomic E-state index is 0.0610. The Labute approximate surface area is 73.7 Å². The standard InChI is InChI=1S/C8H15O3P/c1-6-2-3-8(11-6)4-7(8)5-12(9)10/h6-7,9-10H,2-5H2,1H3. The number of rotatable bonds is 2. The molecule has 0 radical (unpaired) electrons. The zero-order valence-electron chi connectivity index (χ0n) is 7.23. The van der Waals surface area contributed by atoms with Crippen molar-refractivity contribution in [3.8, 4) is 0 Å². The highest BCUT2D eigenvalue weighted by Gasteiger charge is 2.58. The summed E-state index contributed by atoms with van der Waals surface area (Å²) in [5, 5.41) is 0. The van der Waals surface area contributed by atoms with Gasteiger partial charge in [-0.15, -0.1) is 0 Å². The largest absolute Gasteiger partial charge is 0.372 e. The molecule has 0 aromatic carbocycles. The summed E-state index contributed by atoms with van der Waals surface area (Å²) in [6.07, 6.45) is 4.20. The fourth-order valence-corrected chi connectivity index (χ4v) is 3.06. The maximum absolute atomic E-state index is 8.84. The van der Waals surface area contributed by atoms with Gasteiger partial charge in [0.15, 0.2) is 8.38 Å². The maximum atomic E-state index is 8.84. The molecule has 1 spiro atoms. The smallest absolute Gasteiger partial charge is 0.165 e. The molecule has 2 aliphatic rings. The van der Waals surface area contributed by atoms with Gasteiger partial charge in [0.05, 0.1) is 11.7 Å². The lowest BCUT2D eigenvalue weighted by Gasteiger charge is -2.10. The average Bonchev–Trinajstić information content (AvgIpc) is 2.42. The first-order chi connectivity index (χ1) is 5.62. The van der Waals surface area contributed by atoms with E-state index < -0.39 is 8.38 Å². The Morgan fingerprint density at radius 1 is 1.58 bits per heavy atom. The van der Waals surface area contributed by atoms with Crippen molar-refractivity contribution in [3.05, 3.63) is 0 Å². The van der Waals surface area contributed by atoms with Gasteiger partial charge < -0.3 is 14.5 Å². The third kappa shape index (κ3) is 1.51. The van der Waals surface area contributed by atoms with Crippen LogP contribution in [0.3, 0.4) is 0 Å². The molecule has 4 heteroatoms. The minimum Gasteiger partial charge on any atom is -0.372 e. The van der Waals surface area contributed by atoms with Crippen LogP contribution in [0.2, 0.25) is 0 Å². The van der Waals surface area contributed by atoms with Crippen LogP contribution in [0.25, 0.3) is 0 Å². The van der Waals surface area contributed by atoms with E-state index in [0.717, 1.165) is 19.3 Å². The molecule has 3 unspecified atom stereocenters. The highest BCUT2D eigenvalue weighted by Crippen LogP contribution is 2.57. The molecule has 2 N–H and O–H groups in total. The molecular formula is C8H15O3P. The van der Waals surface area contributed by atoms with Crippen LogP contribution in [-0.2, 0) is 4.74 Å². The normalized spacial score (nSPS) is 46.0. The van der Waals surface area contributed by atoms with Gasteiger partial charge in [-0.1, -0.05) is 0 Å². The van der Waals surface area contributed by atoms with E-state index in [1.165, 1.54) is 0 Å². The molecule has 0 aromatic rings. The van der Waals surface area contributed by atoms with Crippen LogP contribution in [0.4, 0.5) is 0 Å². The molecule has 2 fully saturated rings. The number of ether oxygens (including phenoxy) is 1. The highest BCUT2D eigenvalue weighted by molar-refractivity contribution is 7.45. The van der Waals surface area contributed by atoms with Crippen molar-refractivity contribution in [3.63, 3.8) is 0 Å². The summed E-state index contributed by atoms with van der Waals surface area (Å²) >= 11 is 0. The van der Waals surface area contributed by atoms with E-state index in [1.54, 1.807) is 0 Å². The average molecular weight is 190 g/mol. The summed E-state index contributed by atoms with van der Waals surface area (Å²) in [6.45, 7) is 2.09. The second-order valence-corrected chi connectivity index (χ2v) is 5.10. The van der Waals surface area contributed by atoms with Crippen molar-refractivity contribution in [1.29, 1.82) is 0 Å². The van der Waals surface area contributed by atoms with E-state index >= 15 is 0 Å². The first-order valence-corrected chi connectivity index (χ1v) is 5.89. The third-order valence-corrected chi connectivity index (χ3v) is 3.74. The third-order valence-electron chi connectivity index (χ3n) is 2.97. The second kappa shape index (κ2) is 2.91. The van der Waals surface area contributed by atoms with E-state index in [-0.39, 0.29) is 5.60 Å². The van der Waals surface area contributed by atoms with E-state index in [0.29, 0.717) is 18.2 Å². The van der Waals surface area contributed by atoms with Crippen molar-refractivity contribution in [1.82, 2.24) is 0 Å². The molecule has 1 saturated heterocycles. The Hall–Kier alpha value is 0.310. The van der Waals surface area contributed by atoms with Gasteiger partial charge in [-0.05, 0) is 32.1 Å². The summed E-state index contributed by atoms with van der Waals surface area (Å²) in [5.74, 6) is 0.420. The summed E-state index contributed by atoms with van der Waals surface area (Å²) in [6, 6.07) is 0. The molecule has 12 heavy (non-hydrogen) atoms. The van der Waals surface area contributed by atoms with Crippen molar-refractivity contribution in [2.24, 2.45) is 5.92 Å². The molecule has 3 atom stereocenters. The van der Waals surface area contributed by atoms with Gasteiger partial charge in [-0.3, -0.25) is 0 Å². The number of hydrogen-bond acceptors (Lipinski definition) is 3. The zero-order valence-corrected chi connectivity index (χ0v) is 8.13. The van der Waals surface area contributed by atoms with Crippen LogP contribution in [0, 0.1) is 5.92 Å². The minimum atomic E-state index is -1.71. The Kier molecular flexibility index (Phi) is 2.16. The SMILES string of the molecule is CC1CCC2(CC2CP(O)O)O1. The summed E-state index contributed by atoms with van der Waals surface area (Å²) < 4.78 is 5.76. The monoisotopic (exact) mass is 190 g/mol. The molecular weight excluding hydrogens is 175 g/mol. The summed E-state index contributed by atoms with van der Waals surface area (Å²) in [4.78, 5) is 17.7. The van der Waals surface area contributed by atoms with Gasteiger partial charge in [0.25, 0.3) is 0 Å². The molecule has 1 heterocycles. The van der Waals surface area contributed by atoms with Crippen molar-refractivity contribution in [2.75, 3.05) is 6.16 Å². The lowest BCUT2D eigenvalue weighted by Crippen LogP contribution is -2.13. The van der Waals surface area contributed by atoms with Crippen LogP contribution in [0.1, 0.15) is 26.2 Å². The molecule has 0 aromatic heterocycles. The molecule has 70 valence electrons. The molecule has 1 aliphatic heterocycles. The Morgan fingerprint density at radius 2 is 2.33 bits per heavy atom. The lowest BCUT2D eigenvalue weighted by molar-refractivity contribution is 0.0290. The summed E-state index contributed by atoms with van der Waals surface area (Å²) in [7, 11) is -1.71. The molecule has 0 bridgehead atoms. The Balaban J connectivity index is 1.85. The van der Waals surface area contributed by atoms with Crippen LogP contribution < -0.4 is 0 Å². The van der Waals surface area contributed by atoms with Crippen molar-refractivity contribution >= 4 is 8.38 Å². The maximum Gasteiger partial charge on any atom is 0.165 e. The highest BCUT2D eigenvalue weighted by atomic mass is 31.2. The lowest BCUT2D eigenvalue weighted by atomic mass is 10.1. The van der Waals surface area contributed by atoms with Gasteiger partial charge in [0.2, 0.25) is 0 Å². The molecule has 0 amide bonds. The van der Waals surface area contributed by atoms with Crippen LogP contribution in [0.15, 0.2) is 0 Å². The van der Waals surface area contributed by atoms with Crippen LogP contribution >= 0.6 is 8.38 Å². The quantitative estimate of drug-likeness (QED) is 0.644. The molecule has 3 nitrogen and oxygen atoms in total. The van der Waals surface area contributed by atoms with Crippen molar-refractivity contribution < 1.29 is 14.5 Å². The van der Waals surface area contributed by atoms with E-state index in [1.807, 2.05) is 0 Å². The molecule has 2 rings (SSSR count). The van der Waals surface area contributed by atoms with Crippen LogP contribution in [0.5, 0.6) is 0 Å². The fourth-order valence-electron chi connectivity index (χ4n) is 2.20. The Bertz CT molecular complexity index is 185. The van der Waals surface area contributed by atoms with Gasteiger partial charge in [0.1, 0.15) is 0 Å². The van der Waals surface area contributed by atoms with Crippen LogP contribution in [-0.4, -0.2) is 27.7 Å². The number of hydrogen-bond donors (Lipinski definition) is 2. The van der Waals surface area contributed by atoms with Crippen molar-refractivity contribution in [2.45, 2.75) is 37.9 Å². The zero-order chi connectivity index (χ0) is 8.77. The predicted octanol–water partition coefficient (Wildman–Crippen LogP) is 1.24. The topological polar surface area (TPSA) is 49.7 Å². The van der Waals surface area contributed by atoms with E-state index in [2.05, 4.69) is 6.92 Å². The first-order valence-electron chi connectivity index (χ1n) is 4.45. The summed E-state index contributed by atoms with van der Waals surface area (Å²) in [5.41, 5.74) is 0.0610. The molecule has 1 saturated carbocycles. The Morgan fingerprint density at radius 3 is 2.83 bits per heavy atom. The predicted molar refractivity (Wildman–Crippen MR) is 46.8 cm³/mol. The van der Waals surface area contributed by atoms with Gasteiger partial charge in [-0.25, -0.2) is 0 Å². The van der Waals surface area contributed by atoms with Gasteiger partial charge in [0, 0.05) is 6.16 Å². The van der Waals surface area contributed by atoms with E-state index in [9.17, 15) is 0 Å². The van der Waals surface area contributed by atoms with E-state index in [4.69, 9.17) is 14.5 Å². The fraction of sp³-hybridized carbons (Fsp3) is 1.00. The molecule has 1 aliphatic carbocycles. The van der Waals surface area contributed by atoms with Gasteiger partial charge >= 0.3 is 0 Å². The van der Waals surface area contributed by atoms with Gasteiger partial charge in [-0.2, -0.15) is 0 Å².